The minimum Gasteiger partial charge on any atom is -0.351 e. The molecule has 1 aromatic heterocycles. The molecule has 4 heteroatoms. The van der Waals surface area contributed by atoms with E-state index in [0.717, 1.165) is 11.1 Å². The molecule has 0 spiro atoms. The lowest BCUT2D eigenvalue weighted by Gasteiger charge is -2.04. The van der Waals surface area contributed by atoms with Gasteiger partial charge in [0.15, 0.2) is 0 Å². The number of carbonyl (C=O) groups excluding carboxylic acids is 1. The summed E-state index contributed by atoms with van der Waals surface area (Å²) in [6.07, 6.45) is 1.66. The van der Waals surface area contributed by atoms with E-state index in [0.29, 0.717) is 17.8 Å². The second-order valence-electron chi connectivity index (χ2n) is 3.98. The summed E-state index contributed by atoms with van der Waals surface area (Å²) in [5, 5.41) is 11.4. The smallest absolute Gasteiger partial charge is 0.269 e. The van der Waals surface area contributed by atoms with Gasteiger partial charge in [0.2, 0.25) is 0 Å². The third kappa shape index (κ3) is 2.96. The maximum absolute atomic E-state index is 11.6. The number of carbonyl (C=O) groups is 1. The van der Waals surface area contributed by atoms with Gasteiger partial charge in [0.25, 0.3) is 5.91 Å². The number of rotatable bonds is 3. The van der Waals surface area contributed by atoms with Gasteiger partial charge in [0, 0.05) is 18.3 Å². The molecule has 2 aromatic rings. The molecule has 1 amide bonds. The number of nitrogens with zero attached hydrogens (tertiary/aromatic N) is 2. The van der Waals surface area contributed by atoms with Crippen molar-refractivity contribution in [1.82, 2.24) is 10.3 Å². The Hall–Kier alpha value is -2.67. The maximum Gasteiger partial charge on any atom is 0.269 e. The summed E-state index contributed by atoms with van der Waals surface area (Å²) in [6.45, 7) is 2.45. The van der Waals surface area contributed by atoms with Crippen molar-refractivity contribution in [3.05, 3.63) is 53.9 Å². The number of hydrogen-bond acceptors (Lipinski definition) is 3. The first-order chi connectivity index (χ1) is 9.24. The fourth-order valence-electron chi connectivity index (χ4n) is 1.69. The lowest BCUT2D eigenvalue weighted by Crippen LogP contribution is -2.23. The molecule has 0 radical (unpaired) electrons. The van der Waals surface area contributed by atoms with Crippen LogP contribution >= 0.6 is 0 Å². The van der Waals surface area contributed by atoms with Gasteiger partial charge < -0.3 is 5.32 Å². The molecule has 0 saturated heterocycles. The zero-order valence-electron chi connectivity index (χ0n) is 10.6. The van der Waals surface area contributed by atoms with E-state index < -0.39 is 0 Å². The van der Waals surface area contributed by atoms with E-state index in [1.165, 1.54) is 0 Å². The Morgan fingerprint density at radius 3 is 2.42 bits per heavy atom. The molecule has 1 heterocycles. The first kappa shape index (κ1) is 12.8. The van der Waals surface area contributed by atoms with Crippen molar-refractivity contribution in [2.45, 2.75) is 6.92 Å². The fraction of sp³-hybridized carbons (Fsp3) is 0.133. The molecule has 0 aliphatic heterocycles. The van der Waals surface area contributed by atoms with Crippen LogP contribution in [0.5, 0.6) is 0 Å². The lowest BCUT2D eigenvalue weighted by atomic mass is 10.1. The minimum absolute atomic E-state index is 0.172. The highest BCUT2D eigenvalue weighted by molar-refractivity contribution is 5.92. The van der Waals surface area contributed by atoms with E-state index >= 15 is 0 Å². The number of pyridine rings is 1. The average molecular weight is 251 g/mol. The second-order valence-corrected chi connectivity index (χ2v) is 3.98. The van der Waals surface area contributed by atoms with E-state index in [2.05, 4.69) is 16.4 Å². The van der Waals surface area contributed by atoms with Gasteiger partial charge in [-0.05, 0) is 30.7 Å². The Labute approximate surface area is 111 Å². The average Bonchev–Trinajstić information content (AvgIpc) is 2.48. The zero-order valence-corrected chi connectivity index (χ0v) is 10.6. The van der Waals surface area contributed by atoms with Crippen molar-refractivity contribution in [2.75, 3.05) is 6.54 Å². The molecule has 19 heavy (non-hydrogen) atoms. The maximum atomic E-state index is 11.6. The molecule has 1 aromatic carbocycles. The molecule has 0 aliphatic rings. The predicted molar refractivity (Wildman–Crippen MR) is 72.4 cm³/mol. The standard InChI is InChI=1S/C15H13N3O/c1-2-17-15(19)14-8-7-13(10-18-14)12-5-3-11(9-16)4-6-12/h3-8,10H,2H2,1H3,(H,17,19). The number of hydrogen-bond donors (Lipinski definition) is 1. The highest BCUT2D eigenvalue weighted by atomic mass is 16.1. The Balaban J connectivity index is 2.22. The van der Waals surface area contributed by atoms with Gasteiger partial charge in [-0.15, -0.1) is 0 Å². The number of aromatic nitrogens is 1. The van der Waals surface area contributed by atoms with Crippen molar-refractivity contribution >= 4 is 5.91 Å². The largest absolute Gasteiger partial charge is 0.351 e. The summed E-state index contributed by atoms with van der Waals surface area (Å²) in [4.78, 5) is 15.7. The molecule has 0 saturated carbocycles. The van der Waals surface area contributed by atoms with Crippen molar-refractivity contribution in [2.24, 2.45) is 0 Å². The third-order valence-corrected chi connectivity index (χ3v) is 2.68. The zero-order chi connectivity index (χ0) is 13.7. The summed E-state index contributed by atoms with van der Waals surface area (Å²) >= 11 is 0. The monoisotopic (exact) mass is 251 g/mol. The molecule has 1 N–H and O–H groups in total. The van der Waals surface area contributed by atoms with Crippen molar-refractivity contribution < 1.29 is 4.79 Å². The van der Waals surface area contributed by atoms with Crippen LogP contribution < -0.4 is 5.32 Å². The molecule has 0 atom stereocenters. The second kappa shape index (κ2) is 5.78. The van der Waals surface area contributed by atoms with E-state index in [4.69, 9.17) is 5.26 Å². The number of nitriles is 1. The Bertz CT molecular complexity index is 609. The first-order valence-corrected chi connectivity index (χ1v) is 5.99. The molecule has 0 fully saturated rings. The molecule has 94 valence electrons. The minimum atomic E-state index is -0.172. The topological polar surface area (TPSA) is 65.8 Å². The lowest BCUT2D eigenvalue weighted by molar-refractivity contribution is 0.0951. The van der Waals surface area contributed by atoms with Crippen LogP contribution in [-0.4, -0.2) is 17.4 Å². The van der Waals surface area contributed by atoms with Crippen LogP contribution in [0.2, 0.25) is 0 Å². The molecule has 0 unspecified atom stereocenters. The molecule has 4 nitrogen and oxygen atoms in total. The van der Waals surface area contributed by atoms with E-state index in [1.807, 2.05) is 25.1 Å². The van der Waals surface area contributed by atoms with E-state index in [-0.39, 0.29) is 5.91 Å². The fourth-order valence-corrected chi connectivity index (χ4v) is 1.69. The van der Waals surface area contributed by atoms with Crippen LogP contribution in [-0.2, 0) is 0 Å². The molecule has 0 bridgehead atoms. The quantitative estimate of drug-likeness (QED) is 0.910. The highest BCUT2D eigenvalue weighted by Gasteiger charge is 2.06. The first-order valence-electron chi connectivity index (χ1n) is 5.99. The number of amides is 1. The summed E-state index contributed by atoms with van der Waals surface area (Å²) in [5.74, 6) is -0.172. The third-order valence-electron chi connectivity index (χ3n) is 2.68. The van der Waals surface area contributed by atoms with Crippen LogP contribution in [0.25, 0.3) is 11.1 Å². The summed E-state index contributed by atoms with van der Waals surface area (Å²) in [6, 6.07) is 12.9. The van der Waals surface area contributed by atoms with Gasteiger partial charge in [-0.3, -0.25) is 9.78 Å². The van der Waals surface area contributed by atoms with Crippen molar-refractivity contribution in [3.63, 3.8) is 0 Å². The van der Waals surface area contributed by atoms with E-state index in [1.54, 1.807) is 24.4 Å². The molecular formula is C15H13N3O. The van der Waals surface area contributed by atoms with E-state index in [9.17, 15) is 4.79 Å². The van der Waals surface area contributed by atoms with Crippen LogP contribution in [0, 0.1) is 11.3 Å². The summed E-state index contributed by atoms with van der Waals surface area (Å²) < 4.78 is 0. The summed E-state index contributed by atoms with van der Waals surface area (Å²) in [5.41, 5.74) is 2.90. The Morgan fingerprint density at radius 2 is 1.89 bits per heavy atom. The Kier molecular flexibility index (Phi) is 3.89. The van der Waals surface area contributed by atoms with Gasteiger partial charge in [-0.2, -0.15) is 5.26 Å². The van der Waals surface area contributed by atoms with Gasteiger partial charge in [0.05, 0.1) is 11.6 Å². The Morgan fingerprint density at radius 1 is 1.21 bits per heavy atom. The van der Waals surface area contributed by atoms with Crippen molar-refractivity contribution in [1.29, 1.82) is 5.26 Å². The van der Waals surface area contributed by atoms with Crippen molar-refractivity contribution in [3.8, 4) is 17.2 Å². The highest BCUT2D eigenvalue weighted by Crippen LogP contribution is 2.18. The van der Waals surface area contributed by atoms with Crippen LogP contribution in [0.4, 0.5) is 0 Å². The van der Waals surface area contributed by atoms with Crippen LogP contribution in [0.15, 0.2) is 42.6 Å². The van der Waals surface area contributed by atoms with Gasteiger partial charge in [-0.1, -0.05) is 18.2 Å². The molecular weight excluding hydrogens is 238 g/mol. The van der Waals surface area contributed by atoms with Crippen LogP contribution in [0.3, 0.4) is 0 Å². The SMILES string of the molecule is CCNC(=O)c1ccc(-c2ccc(C#N)cc2)cn1. The normalized spacial score (nSPS) is 9.68. The summed E-state index contributed by atoms with van der Waals surface area (Å²) in [7, 11) is 0. The van der Waals surface area contributed by atoms with Gasteiger partial charge in [-0.25, -0.2) is 0 Å². The molecule has 2 rings (SSSR count). The van der Waals surface area contributed by atoms with Gasteiger partial charge >= 0.3 is 0 Å². The predicted octanol–water partition coefficient (Wildman–Crippen LogP) is 2.37. The molecule has 0 aliphatic carbocycles. The number of benzene rings is 1. The van der Waals surface area contributed by atoms with Gasteiger partial charge in [0.1, 0.15) is 5.69 Å². The van der Waals surface area contributed by atoms with Crippen LogP contribution in [0.1, 0.15) is 23.0 Å². The number of nitrogens with one attached hydrogen (secondary N) is 1.